The van der Waals surface area contributed by atoms with Crippen LogP contribution in [0.1, 0.15) is 4.88 Å². The Morgan fingerprint density at radius 3 is 2.92 bits per heavy atom. The molecule has 0 aromatic carbocycles. The summed E-state index contributed by atoms with van der Waals surface area (Å²) in [6.07, 6.45) is 2.70. The number of hydrogen-bond donors (Lipinski definition) is 1. The number of thiazole rings is 1. The second-order valence-electron chi connectivity index (χ2n) is 2.62. The average Bonchev–Trinajstić information content (AvgIpc) is 2.48. The fourth-order valence-electron chi connectivity index (χ4n) is 0.779. The van der Waals surface area contributed by atoms with Gasteiger partial charge in [0, 0.05) is 31.6 Å². The molecular formula is C7H13N3OS. The maximum Gasteiger partial charge on any atom is 0.184 e. The predicted octanol–water partition coefficient (Wildman–Crippen LogP) is 0.642. The number of nitrogens with zero attached hydrogens (tertiary/aromatic N) is 2. The maximum atomic E-state index is 4.92. The second-order valence-corrected chi connectivity index (χ2v) is 3.72. The van der Waals surface area contributed by atoms with Crippen LogP contribution in [0.15, 0.2) is 6.20 Å². The zero-order chi connectivity index (χ0) is 8.97. The van der Waals surface area contributed by atoms with Gasteiger partial charge in [0.25, 0.3) is 0 Å². The highest BCUT2D eigenvalue weighted by molar-refractivity contribution is 7.15. The van der Waals surface area contributed by atoms with Crippen LogP contribution in [0.4, 0.5) is 5.13 Å². The summed E-state index contributed by atoms with van der Waals surface area (Å²) in [6.45, 7) is 0.551. The van der Waals surface area contributed by atoms with Crippen LogP contribution in [0.2, 0.25) is 0 Å². The molecule has 0 amide bonds. The first-order chi connectivity index (χ1) is 5.74. The zero-order valence-corrected chi connectivity index (χ0v) is 8.10. The lowest BCUT2D eigenvalue weighted by molar-refractivity contribution is 0.141. The smallest absolute Gasteiger partial charge is 0.184 e. The Morgan fingerprint density at radius 1 is 1.67 bits per heavy atom. The van der Waals surface area contributed by atoms with Crippen molar-refractivity contribution >= 4 is 16.5 Å². The fraction of sp³-hybridized carbons (Fsp3) is 0.571. The van der Waals surface area contributed by atoms with E-state index in [1.165, 1.54) is 4.88 Å². The molecule has 0 saturated carbocycles. The van der Waals surface area contributed by atoms with Gasteiger partial charge in [-0.3, -0.25) is 0 Å². The van der Waals surface area contributed by atoms with Crippen LogP contribution in [0.25, 0.3) is 0 Å². The van der Waals surface area contributed by atoms with E-state index in [0.29, 0.717) is 6.61 Å². The SMILES string of the molecule is CN(C)c1ncc(CCON)s1. The molecule has 0 spiro atoms. The van der Waals surface area contributed by atoms with E-state index in [2.05, 4.69) is 9.82 Å². The summed E-state index contributed by atoms with van der Waals surface area (Å²) in [5, 5.41) is 1.02. The normalized spacial score (nSPS) is 10.2. The monoisotopic (exact) mass is 187 g/mol. The van der Waals surface area contributed by atoms with E-state index in [0.717, 1.165) is 11.6 Å². The standard InChI is InChI=1S/C7H13N3OS/c1-10(2)7-9-5-6(12-7)3-4-11-8/h5H,3-4,8H2,1-2H3. The lowest BCUT2D eigenvalue weighted by Gasteiger charge is -2.05. The molecule has 2 N–H and O–H groups in total. The molecule has 4 nitrogen and oxygen atoms in total. The highest BCUT2D eigenvalue weighted by Gasteiger charge is 2.02. The molecule has 1 rings (SSSR count). The van der Waals surface area contributed by atoms with Gasteiger partial charge in [-0.25, -0.2) is 10.9 Å². The summed E-state index contributed by atoms with van der Waals surface area (Å²) >= 11 is 1.66. The van der Waals surface area contributed by atoms with Gasteiger partial charge in [0.1, 0.15) is 0 Å². The molecule has 12 heavy (non-hydrogen) atoms. The summed E-state index contributed by atoms with van der Waals surface area (Å²) in [7, 11) is 3.95. The highest BCUT2D eigenvalue weighted by Crippen LogP contribution is 2.20. The molecule has 1 aromatic heterocycles. The Morgan fingerprint density at radius 2 is 2.42 bits per heavy atom. The number of hydrogen-bond acceptors (Lipinski definition) is 5. The van der Waals surface area contributed by atoms with E-state index in [-0.39, 0.29) is 0 Å². The molecule has 0 saturated heterocycles. The third kappa shape index (κ3) is 2.44. The van der Waals surface area contributed by atoms with Crippen molar-refractivity contribution in [3.8, 4) is 0 Å². The minimum absolute atomic E-state index is 0.551. The third-order valence-corrected chi connectivity index (χ3v) is 2.62. The van der Waals surface area contributed by atoms with Gasteiger partial charge in [0.15, 0.2) is 5.13 Å². The third-order valence-electron chi connectivity index (χ3n) is 1.39. The van der Waals surface area contributed by atoms with Gasteiger partial charge in [0.05, 0.1) is 6.61 Å². The maximum absolute atomic E-state index is 4.92. The quantitative estimate of drug-likeness (QED) is 0.703. The van der Waals surface area contributed by atoms with Crippen molar-refractivity contribution in [2.75, 3.05) is 25.6 Å². The van der Waals surface area contributed by atoms with Crippen LogP contribution >= 0.6 is 11.3 Å². The molecule has 0 bridgehead atoms. The van der Waals surface area contributed by atoms with Crippen molar-refractivity contribution in [1.82, 2.24) is 4.98 Å². The van der Waals surface area contributed by atoms with E-state index in [1.54, 1.807) is 11.3 Å². The van der Waals surface area contributed by atoms with Crippen LogP contribution < -0.4 is 10.8 Å². The molecule has 5 heteroatoms. The molecule has 1 heterocycles. The lowest BCUT2D eigenvalue weighted by Crippen LogP contribution is -2.07. The summed E-state index contributed by atoms with van der Waals surface area (Å²) in [4.78, 5) is 11.9. The molecule has 1 aromatic rings. The molecule has 0 aliphatic heterocycles. The van der Waals surface area contributed by atoms with Crippen molar-refractivity contribution in [3.63, 3.8) is 0 Å². The highest BCUT2D eigenvalue weighted by atomic mass is 32.1. The Labute approximate surface area is 75.9 Å². The van der Waals surface area contributed by atoms with E-state index >= 15 is 0 Å². The first-order valence-electron chi connectivity index (χ1n) is 3.67. The second kappa shape index (κ2) is 4.39. The molecule has 0 radical (unpaired) electrons. The molecule has 0 aliphatic rings. The topological polar surface area (TPSA) is 51.4 Å². The van der Waals surface area contributed by atoms with Crippen LogP contribution in [0, 0.1) is 0 Å². The van der Waals surface area contributed by atoms with E-state index in [4.69, 9.17) is 5.90 Å². The summed E-state index contributed by atoms with van der Waals surface area (Å²) < 4.78 is 0. The zero-order valence-electron chi connectivity index (χ0n) is 7.28. The molecular weight excluding hydrogens is 174 g/mol. The lowest BCUT2D eigenvalue weighted by atomic mass is 10.4. The van der Waals surface area contributed by atoms with Crippen LogP contribution in [0.3, 0.4) is 0 Å². The number of anilines is 1. The number of rotatable bonds is 4. The Balaban J connectivity index is 2.52. The predicted molar refractivity (Wildman–Crippen MR) is 50.3 cm³/mol. The Kier molecular flexibility index (Phi) is 3.46. The van der Waals surface area contributed by atoms with E-state index in [1.807, 2.05) is 25.2 Å². The summed E-state index contributed by atoms with van der Waals surface area (Å²) in [5.74, 6) is 4.92. The minimum atomic E-state index is 0.551. The van der Waals surface area contributed by atoms with Gasteiger partial charge in [-0.05, 0) is 0 Å². The number of nitrogens with two attached hydrogens (primary N) is 1. The Hall–Kier alpha value is -0.650. The Bertz CT molecular complexity index is 236. The van der Waals surface area contributed by atoms with Crippen LogP contribution in [-0.4, -0.2) is 25.7 Å². The molecule has 0 unspecified atom stereocenters. The molecule has 68 valence electrons. The van der Waals surface area contributed by atoms with Gasteiger partial charge >= 0.3 is 0 Å². The van der Waals surface area contributed by atoms with Crippen molar-refractivity contribution < 1.29 is 4.84 Å². The fourth-order valence-corrected chi connectivity index (χ4v) is 1.59. The van der Waals surface area contributed by atoms with Gasteiger partial charge in [-0.15, -0.1) is 11.3 Å². The first kappa shape index (κ1) is 9.44. The van der Waals surface area contributed by atoms with Crippen LogP contribution in [0.5, 0.6) is 0 Å². The van der Waals surface area contributed by atoms with E-state index in [9.17, 15) is 0 Å². The molecule has 0 aliphatic carbocycles. The largest absolute Gasteiger partial charge is 0.354 e. The molecule has 0 atom stereocenters. The van der Waals surface area contributed by atoms with Gasteiger partial charge in [-0.2, -0.15) is 0 Å². The van der Waals surface area contributed by atoms with Crippen molar-refractivity contribution in [2.45, 2.75) is 6.42 Å². The summed E-state index contributed by atoms with van der Waals surface area (Å²) in [5.41, 5.74) is 0. The van der Waals surface area contributed by atoms with Crippen molar-refractivity contribution in [2.24, 2.45) is 5.90 Å². The minimum Gasteiger partial charge on any atom is -0.354 e. The van der Waals surface area contributed by atoms with Crippen molar-refractivity contribution in [3.05, 3.63) is 11.1 Å². The van der Waals surface area contributed by atoms with E-state index < -0.39 is 0 Å². The van der Waals surface area contributed by atoms with Gasteiger partial charge < -0.3 is 9.74 Å². The van der Waals surface area contributed by atoms with Gasteiger partial charge in [0.2, 0.25) is 0 Å². The van der Waals surface area contributed by atoms with Crippen LogP contribution in [-0.2, 0) is 11.3 Å². The van der Waals surface area contributed by atoms with Gasteiger partial charge in [-0.1, -0.05) is 0 Å². The number of aromatic nitrogens is 1. The average molecular weight is 187 g/mol. The van der Waals surface area contributed by atoms with Crippen molar-refractivity contribution in [1.29, 1.82) is 0 Å². The summed E-state index contributed by atoms with van der Waals surface area (Å²) in [6, 6.07) is 0. The first-order valence-corrected chi connectivity index (χ1v) is 4.49. The molecule has 0 fully saturated rings.